The van der Waals surface area contributed by atoms with Crippen LogP contribution in [0.3, 0.4) is 0 Å². The van der Waals surface area contributed by atoms with Crippen molar-refractivity contribution in [2.24, 2.45) is 11.5 Å². The van der Waals surface area contributed by atoms with Crippen molar-refractivity contribution in [1.29, 1.82) is 0 Å². The lowest BCUT2D eigenvalue weighted by Gasteiger charge is -2.13. The summed E-state index contributed by atoms with van der Waals surface area (Å²) in [5, 5.41) is 18.4. The van der Waals surface area contributed by atoms with Gasteiger partial charge in [0.1, 0.15) is 4.90 Å². The predicted molar refractivity (Wildman–Crippen MR) is 235 cm³/mol. The molecule has 11 N–H and O–H groups in total. The Bertz CT molecular complexity index is 2650. The fraction of sp³-hybridized carbons (Fsp3) is 0.150. The highest BCUT2D eigenvalue weighted by molar-refractivity contribution is 7.86. The number of amides is 2. The van der Waals surface area contributed by atoms with Gasteiger partial charge >= 0.3 is 0 Å². The van der Waals surface area contributed by atoms with Crippen molar-refractivity contribution in [3.8, 4) is 0 Å². The average molecular weight is 863 g/mol. The van der Waals surface area contributed by atoms with Gasteiger partial charge in [0, 0.05) is 61.2 Å². The Morgan fingerprint density at radius 1 is 0.565 bits per heavy atom. The van der Waals surface area contributed by atoms with Crippen LogP contribution in [0.1, 0.15) is 31.8 Å². The lowest BCUT2D eigenvalue weighted by Crippen LogP contribution is -2.13. The molecule has 4 aromatic carbocycles. The maximum Gasteiger partial charge on any atom is 0.295 e. The maximum absolute atomic E-state index is 12.6. The van der Waals surface area contributed by atoms with E-state index in [9.17, 15) is 22.6 Å². The van der Waals surface area contributed by atoms with E-state index >= 15 is 0 Å². The summed E-state index contributed by atoms with van der Waals surface area (Å²) in [6.07, 6.45) is 3.24. The second-order valence-corrected chi connectivity index (χ2v) is 14.4. The number of nitrogens with zero attached hydrogens (tertiary/aromatic N) is 6. The van der Waals surface area contributed by atoms with Crippen molar-refractivity contribution in [1.82, 2.24) is 29.9 Å². The van der Waals surface area contributed by atoms with Gasteiger partial charge in [-0.15, -0.1) is 0 Å². The number of carbonyl (C=O) groups excluding carboxylic acids is 2. The average Bonchev–Trinajstić information content (AvgIpc) is 3.24. The number of carbonyl (C=O) groups is 2. The molecule has 0 bridgehead atoms. The second kappa shape index (κ2) is 20.5. The summed E-state index contributed by atoms with van der Waals surface area (Å²) in [6.45, 7) is 1.61. The van der Waals surface area contributed by atoms with Crippen molar-refractivity contribution in [3.63, 3.8) is 0 Å². The molecule has 0 aliphatic rings. The maximum atomic E-state index is 12.6. The molecule has 0 aliphatic heterocycles. The van der Waals surface area contributed by atoms with Crippen molar-refractivity contribution in [2.45, 2.75) is 4.90 Å². The molecule has 0 radical (unpaired) electrons. The number of hydrogen-bond donors (Lipinski definition) is 9. The Kier molecular flexibility index (Phi) is 14.4. The van der Waals surface area contributed by atoms with E-state index in [0.29, 0.717) is 60.1 Å². The number of nitrogens with one attached hydrogen (secondary N) is 6. The van der Waals surface area contributed by atoms with Gasteiger partial charge in [0.2, 0.25) is 47.5 Å². The standard InChI is InChI=1S/C40H42N14O7S/c1-60-21-19-43-35-49-37(53-38(50-35)46-29-14-8-26(9-15-29)33(41)55)45-28-12-4-24(5-13-28)3-6-25-7-18-31(23-32(25)62(57,58)59)48-40-52-36(44-20-22-61-2)51-39(54-40)47-30-16-10-27(11-17-30)34(42)56/h3-18,23H,19-22H2,1-2H3,(H2,41,55)(H2,42,56)(H,57,58,59)(H3,43,45,46,49,50,53)(H3,44,47,48,51,52,54)/b6-3+. The number of methoxy groups -OCH3 is 2. The van der Waals surface area contributed by atoms with E-state index in [0.717, 1.165) is 0 Å². The van der Waals surface area contributed by atoms with Crippen molar-refractivity contribution in [3.05, 3.63) is 113 Å². The van der Waals surface area contributed by atoms with Crippen molar-refractivity contribution < 1.29 is 32.0 Å². The summed E-state index contributed by atoms with van der Waals surface area (Å²) in [5.74, 6) is -0.00968. The van der Waals surface area contributed by atoms with Crippen LogP contribution in [-0.2, 0) is 19.6 Å². The van der Waals surface area contributed by atoms with Gasteiger partial charge in [0.25, 0.3) is 10.1 Å². The molecular weight excluding hydrogens is 821 g/mol. The van der Waals surface area contributed by atoms with E-state index in [4.69, 9.17) is 20.9 Å². The van der Waals surface area contributed by atoms with Crippen molar-refractivity contribution in [2.75, 3.05) is 72.4 Å². The van der Waals surface area contributed by atoms with Crippen LogP contribution in [0.2, 0.25) is 0 Å². The third-order valence-corrected chi connectivity index (χ3v) is 9.38. The third-order valence-electron chi connectivity index (χ3n) is 8.47. The van der Waals surface area contributed by atoms with Crippen LogP contribution in [-0.4, -0.2) is 95.2 Å². The molecule has 2 aromatic heterocycles. The molecule has 0 saturated carbocycles. The molecule has 0 fully saturated rings. The minimum Gasteiger partial charge on any atom is -0.383 e. The van der Waals surface area contributed by atoms with Crippen LogP contribution in [0.25, 0.3) is 12.2 Å². The minimum atomic E-state index is -4.70. The predicted octanol–water partition coefficient (Wildman–Crippen LogP) is 4.76. The van der Waals surface area contributed by atoms with Gasteiger partial charge in [0.05, 0.1) is 13.2 Å². The fourth-order valence-corrected chi connectivity index (χ4v) is 6.16. The molecule has 0 atom stereocenters. The van der Waals surface area contributed by atoms with Crippen LogP contribution >= 0.6 is 0 Å². The number of aromatic nitrogens is 6. The molecule has 62 heavy (non-hydrogen) atoms. The minimum absolute atomic E-state index is 0.0500. The molecule has 0 spiro atoms. The fourth-order valence-electron chi connectivity index (χ4n) is 5.45. The second-order valence-electron chi connectivity index (χ2n) is 13.0. The first kappa shape index (κ1) is 43.8. The number of primary amides is 2. The normalized spacial score (nSPS) is 11.2. The molecule has 2 heterocycles. The molecule has 320 valence electrons. The molecule has 22 heteroatoms. The van der Waals surface area contributed by atoms with Crippen molar-refractivity contribution >= 4 is 92.5 Å². The van der Waals surface area contributed by atoms with Crippen LogP contribution in [0.4, 0.5) is 58.4 Å². The quantitative estimate of drug-likeness (QED) is 0.0267. The van der Waals surface area contributed by atoms with E-state index in [-0.39, 0.29) is 51.8 Å². The summed E-state index contributed by atoms with van der Waals surface area (Å²) >= 11 is 0. The smallest absolute Gasteiger partial charge is 0.295 e. The highest BCUT2D eigenvalue weighted by atomic mass is 32.2. The molecule has 0 saturated heterocycles. The van der Waals surface area contributed by atoms with Gasteiger partial charge in [-0.2, -0.15) is 38.3 Å². The van der Waals surface area contributed by atoms with E-state index in [1.165, 1.54) is 12.1 Å². The Morgan fingerprint density at radius 2 is 0.935 bits per heavy atom. The Balaban J connectivity index is 1.18. The summed E-state index contributed by atoms with van der Waals surface area (Å²) in [5.41, 5.74) is 14.4. The Morgan fingerprint density at radius 3 is 1.32 bits per heavy atom. The number of nitrogens with two attached hydrogens (primary N) is 2. The lowest BCUT2D eigenvalue weighted by molar-refractivity contribution is 0.0992. The molecule has 21 nitrogen and oxygen atoms in total. The largest absolute Gasteiger partial charge is 0.383 e. The van der Waals surface area contributed by atoms with Crippen LogP contribution in [0.5, 0.6) is 0 Å². The number of ether oxygens (including phenoxy) is 2. The van der Waals surface area contributed by atoms with Gasteiger partial charge in [-0.25, -0.2) is 0 Å². The van der Waals surface area contributed by atoms with E-state index in [2.05, 4.69) is 61.8 Å². The van der Waals surface area contributed by atoms with E-state index in [1.54, 1.807) is 105 Å². The van der Waals surface area contributed by atoms with Crippen LogP contribution in [0, 0.1) is 0 Å². The zero-order valence-corrected chi connectivity index (χ0v) is 34.1. The van der Waals surface area contributed by atoms with Gasteiger partial charge in [0.15, 0.2) is 0 Å². The summed E-state index contributed by atoms with van der Waals surface area (Å²) in [4.78, 5) is 49.1. The topological polar surface area (TPSA) is 309 Å². The van der Waals surface area contributed by atoms with E-state index in [1.807, 2.05) is 0 Å². The summed E-state index contributed by atoms with van der Waals surface area (Å²) in [7, 11) is -1.56. The molecule has 0 unspecified atom stereocenters. The first-order valence-electron chi connectivity index (χ1n) is 18.6. The molecular formula is C40H42N14O7S. The number of rotatable bonds is 21. The summed E-state index contributed by atoms with van der Waals surface area (Å²) in [6, 6.07) is 24.4. The zero-order chi connectivity index (χ0) is 44.1. The SMILES string of the molecule is COCCNc1nc(Nc2ccc(/C=C/c3ccc(Nc4nc(NCCOC)nc(Nc5ccc(C(N)=O)cc5)n4)cc3S(=O)(=O)O)cc2)nc(Nc2ccc(C(N)=O)cc2)n1. The molecule has 6 aromatic rings. The van der Waals surface area contributed by atoms with Gasteiger partial charge < -0.3 is 52.8 Å². The molecule has 2 amide bonds. The monoisotopic (exact) mass is 862 g/mol. The summed E-state index contributed by atoms with van der Waals surface area (Å²) < 4.78 is 45.7. The highest BCUT2D eigenvalue weighted by Gasteiger charge is 2.17. The first-order valence-corrected chi connectivity index (χ1v) is 20.0. The Labute approximate surface area is 355 Å². The number of anilines is 10. The van der Waals surface area contributed by atoms with Crippen LogP contribution < -0.4 is 43.4 Å². The number of benzene rings is 4. The van der Waals surface area contributed by atoms with Gasteiger partial charge in [-0.3, -0.25) is 14.1 Å². The zero-order valence-electron chi connectivity index (χ0n) is 33.3. The lowest BCUT2D eigenvalue weighted by atomic mass is 10.1. The highest BCUT2D eigenvalue weighted by Crippen LogP contribution is 2.26. The molecule has 0 aliphatic carbocycles. The Hall–Kier alpha value is -7.79. The first-order chi connectivity index (χ1) is 29.8. The number of hydrogen-bond acceptors (Lipinski definition) is 18. The third kappa shape index (κ3) is 12.6. The molecule has 6 rings (SSSR count). The van der Waals surface area contributed by atoms with Gasteiger partial charge in [-0.1, -0.05) is 30.4 Å². The van der Waals surface area contributed by atoms with Gasteiger partial charge in [-0.05, 0) is 83.9 Å². The van der Waals surface area contributed by atoms with Crippen LogP contribution in [0.15, 0.2) is 95.9 Å². The van der Waals surface area contributed by atoms with E-state index < -0.39 is 21.9 Å².